The van der Waals surface area contributed by atoms with Gasteiger partial charge in [-0.1, -0.05) is 24.2 Å². The Labute approximate surface area is 129 Å². The highest BCUT2D eigenvalue weighted by Crippen LogP contribution is 2.23. The van der Waals surface area contributed by atoms with Crippen LogP contribution in [0.15, 0.2) is 29.4 Å². The molecule has 7 nitrogen and oxygen atoms in total. The van der Waals surface area contributed by atoms with Gasteiger partial charge in [0.2, 0.25) is 0 Å². The van der Waals surface area contributed by atoms with Crippen molar-refractivity contribution in [2.45, 2.75) is 31.8 Å². The lowest BCUT2D eigenvalue weighted by atomic mass is 9.92. The van der Waals surface area contributed by atoms with Gasteiger partial charge in [0, 0.05) is 10.8 Å². The predicted molar refractivity (Wildman–Crippen MR) is 80.5 cm³/mol. The molecule has 1 aromatic rings. The molecule has 0 saturated carbocycles. The summed E-state index contributed by atoms with van der Waals surface area (Å²) in [6.45, 7) is 2.96. The summed E-state index contributed by atoms with van der Waals surface area (Å²) >= 11 is 0. The minimum Gasteiger partial charge on any atom is -0.497 e. The maximum Gasteiger partial charge on any atom is 0.118 e. The Morgan fingerprint density at radius 2 is 2.14 bits per heavy atom. The van der Waals surface area contributed by atoms with Gasteiger partial charge in [0.25, 0.3) is 0 Å². The molecule has 1 aliphatic rings. The number of azide groups is 1. The summed E-state index contributed by atoms with van der Waals surface area (Å²) in [6, 6.07) is 6.95. The van der Waals surface area contributed by atoms with Crippen molar-refractivity contribution in [1.82, 2.24) is 0 Å². The van der Waals surface area contributed by atoms with E-state index in [9.17, 15) is 5.11 Å². The Balaban J connectivity index is 1.87. The van der Waals surface area contributed by atoms with Crippen molar-refractivity contribution in [3.8, 4) is 5.75 Å². The quantitative estimate of drug-likeness (QED) is 0.495. The van der Waals surface area contributed by atoms with Gasteiger partial charge in [-0.05, 0) is 23.2 Å². The number of hydrogen-bond donors (Lipinski definition) is 1. The molecule has 22 heavy (non-hydrogen) atoms. The van der Waals surface area contributed by atoms with Crippen LogP contribution >= 0.6 is 0 Å². The molecule has 0 spiro atoms. The second-order valence-corrected chi connectivity index (χ2v) is 5.40. The van der Waals surface area contributed by atoms with Crippen molar-refractivity contribution in [3.63, 3.8) is 0 Å². The lowest BCUT2D eigenvalue weighted by Crippen LogP contribution is -2.49. The Morgan fingerprint density at radius 3 is 2.77 bits per heavy atom. The van der Waals surface area contributed by atoms with Gasteiger partial charge >= 0.3 is 0 Å². The lowest BCUT2D eigenvalue weighted by molar-refractivity contribution is -0.119. The molecule has 4 atom stereocenters. The Hall–Kier alpha value is -1.79. The number of rotatable bonds is 6. The van der Waals surface area contributed by atoms with Gasteiger partial charge in [-0.25, -0.2) is 0 Å². The fourth-order valence-electron chi connectivity index (χ4n) is 2.39. The van der Waals surface area contributed by atoms with Crippen molar-refractivity contribution < 1.29 is 19.3 Å². The predicted octanol–water partition coefficient (Wildman–Crippen LogP) is 2.29. The molecular weight excluding hydrogens is 286 g/mol. The van der Waals surface area contributed by atoms with E-state index < -0.39 is 18.2 Å². The van der Waals surface area contributed by atoms with Crippen molar-refractivity contribution in [2.24, 2.45) is 11.0 Å². The van der Waals surface area contributed by atoms with Crippen molar-refractivity contribution in [1.29, 1.82) is 0 Å². The van der Waals surface area contributed by atoms with E-state index in [2.05, 4.69) is 10.0 Å². The molecule has 1 aromatic carbocycles. The highest BCUT2D eigenvalue weighted by molar-refractivity contribution is 5.26. The summed E-state index contributed by atoms with van der Waals surface area (Å²) in [5.41, 5.74) is 9.64. The molecule has 2 rings (SSSR count). The van der Waals surface area contributed by atoms with Crippen molar-refractivity contribution in [3.05, 3.63) is 40.3 Å². The first-order valence-electron chi connectivity index (χ1n) is 7.20. The fraction of sp³-hybridized carbons (Fsp3) is 0.600. The van der Waals surface area contributed by atoms with E-state index in [1.807, 2.05) is 31.2 Å². The standard InChI is InChI=1S/C15H21N3O4/c1-10-7-22-13(14(15(10)19)17-18-16)9-21-8-11-3-5-12(20-2)6-4-11/h3-6,10,13-15,19H,7-9H2,1-2H3/t10?,13?,14-,15+/m0/s1. The average Bonchev–Trinajstić information content (AvgIpc) is 2.54. The van der Waals surface area contributed by atoms with Crippen LogP contribution in [0.1, 0.15) is 12.5 Å². The molecule has 120 valence electrons. The third kappa shape index (κ3) is 4.11. The first-order chi connectivity index (χ1) is 10.7. The maximum atomic E-state index is 10.1. The molecule has 1 fully saturated rings. The fourth-order valence-corrected chi connectivity index (χ4v) is 2.39. The smallest absolute Gasteiger partial charge is 0.118 e. The van der Waals surface area contributed by atoms with Crippen LogP contribution < -0.4 is 4.74 Å². The zero-order chi connectivity index (χ0) is 15.9. The van der Waals surface area contributed by atoms with E-state index in [1.54, 1.807) is 7.11 Å². The molecule has 1 N–H and O–H groups in total. The first kappa shape index (κ1) is 16.6. The maximum absolute atomic E-state index is 10.1. The number of benzene rings is 1. The summed E-state index contributed by atoms with van der Waals surface area (Å²) < 4.78 is 16.4. The van der Waals surface area contributed by atoms with Gasteiger partial charge in [-0.2, -0.15) is 0 Å². The van der Waals surface area contributed by atoms with Gasteiger partial charge in [0.1, 0.15) is 5.75 Å². The van der Waals surface area contributed by atoms with Gasteiger partial charge in [-0.15, -0.1) is 0 Å². The van der Waals surface area contributed by atoms with Gasteiger partial charge in [-0.3, -0.25) is 0 Å². The minimum absolute atomic E-state index is 0.0617. The zero-order valence-electron chi connectivity index (χ0n) is 12.8. The second kappa shape index (κ2) is 8.00. The van der Waals surface area contributed by atoms with Crippen LogP contribution in [-0.2, 0) is 16.1 Å². The third-order valence-corrected chi connectivity index (χ3v) is 3.78. The molecule has 0 aromatic heterocycles. The van der Waals surface area contributed by atoms with E-state index in [-0.39, 0.29) is 12.5 Å². The lowest BCUT2D eigenvalue weighted by Gasteiger charge is -2.36. The Kier molecular flexibility index (Phi) is 6.03. The highest BCUT2D eigenvalue weighted by atomic mass is 16.5. The van der Waals surface area contributed by atoms with E-state index in [4.69, 9.17) is 19.7 Å². The number of aliphatic hydroxyl groups is 1. The van der Waals surface area contributed by atoms with Crippen LogP contribution in [0, 0.1) is 5.92 Å². The van der Waals surface area contributed by atoms with Crippen molar-refractivity contribution >= 4 is 0 Å². The largest absolute Gasteiger partial charge is 0.497 e. The van der Waals surface area contributed by atoms with Crippen LogP contribution in [-0.4, -0.2) is 43.7 Å². The molecule has 0 aliphatic carbocycles. The minimum atomic E-state index is -0.709. The van der Waals surface area contributed by atoms with E-state index in [1.165, 1.54) is 0 Å². The van der Waals surface area contributed by atoms with Crippen molar-refractivity contribution in [2.75, 3.05) is 20.3 Å². The normalized spacial score (nSPS) is 28.0. The topological polar surface area (TPSA) is 96.7 Å². The SMILES string of the molecule is COc1ccc(COCC2OCC(C)[C@@H](O)[C@H]2N=[N+]=[N-])cc1. The third-order valence-electron chi connectivity index (χ3n) is 3.78. The van der Waals surface area contributed by atoms with E-state index in [0.29, 0.717) is 13.2 Å². The van der Waals surface area contributed by atoms with Crippen LogP contribution in [0.2, 0.25) is 0 Å². The molecule has 2 unspecified atom stereocenters. The number of aliphatic hydroxyl groups excluding tert-OH is 1. The summed E-state index contributed by atoms with van der Waals surface area (Å²) in [4.78, 5) is 2.80. The van der Waals surface area contributed by atoms with Gasteiger partial charge < -0.3 is 19.3 Å². The Morgan fingerprint density at radius 1 is 1.41 bits per heavy atom. The molecule has 0 amide bonds. The van der Waals surface area contributed by atoms with Crippen LogP contribution in [0.5, 0.6) is 5.75 Å². The monoisotopic (exact) mass is 307 g/mol. The highest BCUT2D eigenvalue weighted by Gasteiger charge is 2.36. The number of methoxy groups -OCH3 is 1. The molecule has 0 bridgehead atoms. The summed E-state index contributed by atoms with van der Waals surface area (Å²) in [6.07, 6.45) is -1.14. The van der Waals surface area contributed by atoms with Gasteiger partial charge in [0.05, 0.1) is 45.2 Å². The summed E-state index contributed by atoms with van der Waals surface area (Å²) in [7, 11) is 1.62. The summed E-state index contributed by atoms with van der Waals surface area (Å²) in [5, 5.41) is 13.8. The van der Waals surface area contributed by atoms with Crippen LogP contribution in [0.4, 0.5) is 0 Å². The van der Waals surface area contributed by atoms with Gasteiger partial charge in [0.15, 0.2) is 0 Å². The molecule has 7 heteroatoms. The molecule has 1 heterocycles. The Bertz CT molecular complexity index is 516. The van der Waals surface area contributed by atoms with E-state index >= 15 is 0 Å². The summed E-state index contributed by atoms with van der Waals surface area (Å²) in [5.74, 6) is 0.730. The number of hydrogen-bond acceptors (Lipinski definition) is 5. The second-order valence-electron chi connectivity index (χ2n) is 5.40. The number of ether oxygens (including phenoxy) is 3. The van der Waals surface area contributed by atoms with Crippen LogP contribution in [0.3, 0.4) is 0 Å². The molecular formula is C15H21N3O4. The molecule has 0 radical (unpaired) electrons. The molecule has 1 aliphatic heterocycles. The average molecular weight is 307 g/mol. The molecule has 1 saturated heterocycles. The van der Waals surface area contributed by atoms with E-state index in [0.717, 1.165) is 11.3 Å². The van der Waals surface area contributed by atoms with Crippen LogP contribution in [0.25, 0.3) is 10.4 Å². The zero-order valence-corrected chi connectivity index (χ0v) is 12.8. The number of nitrogens with zero attached hydrogens (tertiary/aromatic N) is 3. The first-order valence-corrected chi connectivity index (χ1v) is 7.20.